The van der Waals surface area contributed by atoms with Crippen molar-refractivity contribution in [1.82, 2.24) is 34.8 Å². The van der Waals surface area contributed by atoms with Crippen molar-refractivity contribution >= 4 is 17.5 Å². The van der Waals surface area contributed by atoms with Gasteiger partial charge < -0.3 is 25.0 Å². The van der Waals surface area contributed by atoms with Crippen molar-refractivity contribution in [2.75, 3.05) is 37.7 Å². The first-order valence-corrected chi connectivity index (χ1v) is 14.7. The van der Waals surface area contributed by atoms with Crippen molar-refractivity contribution in [3.63, 3.8) is 0 Å². The molecule has 7 rings (SSSR count). The minimum Gasteiger partial charge on any atom is -0.491 e. The molecule has 1 aliphatic carbocycles. The Hall–Kier alpha value is -4.25. The fourth-order valence-corrected chi connectivity index (χ4v) is 6.32. The predicted octanol–water partition coefficient (Wildman–Crippen LogP) is 3.34. The summed E-state index contributed by atoms with van der Waals surface area (Å²) in [6.07, 6.45) is 6.42. The van der Waals surface area contributed by atoms with Crippen LogP contribution in [0.5, 0.6) is 5.75 Å². The number of benzene rings is 1. The number of carbonyl (C=O) groups excluding carboxylic acids is 1. The van der Waals surface area contributed by atoms with Crippen molar-refractivity contribution < 1.29 is 14.6 Å². The van der Waals surface area contributed by atoms with Gasteiger partial charge in [0.25, 0.3) is 0 Å². The summed E-state index contributed by atoms with van der Waals surface area (Å²) in [5, 5.41) is 18.9. The first-order valence-electron chi connectivity index (χ1n) is 14.7. The van der Waals surface area contributed by atoms with Crippen LogP contribution in [0.2, 0.25) is 0 Å². The number of nitrogens with one attached hydrogen (secondary N) is 1. The lowest BCUT2D eigenvalue weighted by Crippen LogP contribution is -2.52. The zero-order chi connectivity index (χ0) is 28.9. The van der Waals surface area contributed by atoms with Crippen LogP contribution >= 0.6 is 0 Å². The standard InChI is InChI=1S/C31H36N8O3/c1-21-16-24(42-20-30(9-10-30)23-6-4-3-5-7-23)17-39-28(21)34-27(36-39)25(40)18-38-19-31(35-29(38)41)11-14-37(15-12-31)26-8-13-32-22(2)33-26/h3-8,13,16-17,25,40H,9-12,14-15,18-20H2,1-2H3,(H,35,41). The largest absolute Gasteiger partial charge is 0.491 e. The molecule has 11 heteroatoms. The van der Waals surface area contributed by atoms with Crippen LogP contribution in [0.25, 0.3) is 5.65 Å². The third-order valence-electron chi connectivity index (χ3n) is 9.01. The number of pyridine rings is 1. The molecule has 3 fully saturated rings. The van der Waals surface area contributed by atoms with Crippen LogP contribution < -0.4 is 15.0 Å². The van der Waals surface area contributed by atoms with Gasteiger partial charge in [-0.2, -0.15) is 0 Å². The number of β-amino-alcohol motifs (C(OH)–C–C–N with tert-alkyl or cyclic N) is 1. The molecule has 3 aliphatic rings. The minimum atomic E-state index is -1.01. The maximum absolute atomic E-state index is 12.9. The molecule has 2 aliphatic heterocycles. The summed E-state index contributed by atoms with van der Waals surface area (Å²) in [5.74, 6) is 2.67. The minimum absolute atomic E-state index is 0.0765. The molecule has 5 heterocycles. The van der Waals surface area contributed by atoms with E-state index in [-0.39, 0.29) is 23.5 Å². The van der Waals surface area contributed by atoms with Gasteiger partial charge in [-0.1, -0.05) is 30.3 Å². The zero-order valence-electron chi connectivity index (χ0n) is 24.0. The van der Waals surface area contributed by atoms with E-state index in [1.807, 2.05) is 38.2 Å². The van der Waals surface area contributed by atoms with E-state index >= 15 is 0 Å². The second-order valence-electron chi connectivity index (χ2n) is 12.1. The molecule has 2 amide bonds. The molecule has 11 nitrogen and oxygen atoms in total. The van der Waals surface area contributed by atoms with E-state index in [9.17, 15) is 9.90 Å². The van der Waals surface area contributed by atoms with Gasteiger partial charge in [0.2, 0.25) is 0 Å². The number of ether oxygens (including phenoxy) is 1. The van der Waals surface area contributed by atoms with Gasteiger partial charge in [0.15, 0.2) is 11.5 Å². The molecule has 2 saturated heterocycles. The molecule has 218 valence electrons. The van der Waals surface area contributed by atoms with Gasteiger partial charge >= 0.3 is 6.03 Å². The molecule has 1 saturated carbocycles. The molecule has 42 heavy (non-hydrogen) atoms. The molecule has 1 unspecified atom stereocenters. The molecule has 4 aromatic rings. The number of amides is 2. The first-order chi connectivity index (χ1) is 20.3. The van der Waals surface area contributed by atoms with Crippen LogP contribution in [-0.4, -0.2) is 78.9 Å². The van der Waals surface area contributed by atoms with E-state index in [1.54, 1.807) is 15.6 Å². The van der Waals surface area contributed by atoms with Crippen LogP contribution in [0.1, 0.15) is 54.6 Å². The van der Waals surface area contributed by atoms with E-state index in [4.69, 9.17) is 4.74 Å². The van der Waals surface area contributed by atoms with Crippen LogP contribution in [-0.2, 0) is 5.41 Å². The number of aliphatic hydroxyl groups excluding tert-OH is 1. The highest BCUT2D eigenvalue weighted by Gasteiger charge is 2.46. The number of hydrogen-bond donors (Lipinski definition) is 2. The Morgan fingerprint density at radius 1 is 1.07 bits per heavy atom. The number of hydrogen-bond acceptors (Lipinski definition) is 8. The Kier molecular flexibility index (Phi) is 6.49. The summed E-state index contributed by atoms with van der Waals surface area (Å²) in [5.41, 5.74) is 2.64. The monoisotopic (exact) mass is 568 g/mol. The summed E-state index contributed by atoms with van der Waals surface area (Å²) >= 11 is 0. The van der Waals surface area contributed by atoms with E-state index in [0.717, 1.165) is 61.7 Å². The van der Waals surface area contributed by atoms with E-state index in [2.05, 4.69) is 54.5 Å². The maximum atomic E-state index is 12.9. The Balaban J connectivity index is 0.992. The molecular formula is C31H36N8O3. The summed E-state index contributed by atoms with van der Waals surface area (Å²) in [4.78, 5) is 30.2. The quantitative estimate of drug-likeness (QED) is 0.332. The van der Waals surface area contributed by atoms with Gasteiger partial charge in [-0.3, -0.25) is 0 Å². The predicted molar refractivity (Wildman–Crippen MR) is 157 cm³/mol. The van der Waals surface area contributed by atoms with Crippen LogP contribution in [0.3, 0.4) is 0 Å². The lowest BCUT2D eigenvalue weighted by atomic mass is 9.88. The maximum Gasteiger partial charge on any atom is 0.318 e. The first kappa shape index (κ1) is 26.6. The van der Waals surface area contributed by atoms with Crippen molar-refractivity contribution in [3.05, 3.63) is 77.6 Å². The molecule has 0 bridgehead atoms. The lowest BCUT2D eigenvalue weighted by molar-refractivity contribution is 0.121. The lowest BCUT2D eigenvalue weighted by Gasteiger charge is -2.39. The van der Waals surface area contributed by atoms with E-state index < -0.39 is 6.10 Å². The average Bonchev–Trinajstić information content (AvgIpc) is 3.56. The molecule has 1 spiro atoms. The van der Waals surface area contributed by atoms with Crippen LogP contribution in [0.15, 0.2) is 54.9 Å². The summed E-state index contributed by atoms with van der Waals surface area (Å²) in [6.45, 7) is 6.69. The van der Waals surface area contributed by atoms with Gasteiger partial charge in [0.1, 0.15) is 23.5 Å². The highest BCUT2D eigenvalue weighted by molar-refractivity contribution is 5.78. The normalized spacial score (nSPS) is 19.7. The molecule has 2 N–H and O–H groups in total. The fraction of sp³-hybridized carbons (Fsp3) is 0.452. The third kappa shape index (κ3) is 5.02. The average molecular weight is 569 g/mol. The molecular weight excluding hydrogens is 532 g/mol. The number of aromatic nitrogens is 5. The van der Waals surface area contributed by atoms with Gasteiger partial charge in [-0.25, -0.2) is 24.3 Å². The third-order valence-corrected chi connectivity index (χ3v) is 9.01. The smallest absolute Gasteiger partial charge is 0.318 e. The SMILES string of the molecule is Cc1nccc(N2CCC3(CC2)CN(CC(O)c2nc4c(C)cc(OCC5(c6ccccc6)CC5)cn4n2)C(=O)N3)n1. The summed E-state index contributed by atoms with van der Waals surface area (Å²) in [6, 6.07) is 14.2. The summed E-state index contributed by atoms with van der Waals surface area (Å²) < 4.78 is 7.92. The number of nitrogens with zero attached hydrogens (tertiary/aromatic N) is 7. The molecule has 0 radical (unpaired) electrons. The molecule has 1 atom stereocenters. The van der Waals surface area contributed by atoms with Crippen molar-refractivity contribution in [2.45, 2.75) is 56.6 Å². The zero-order valence-corrected chi connectivity index (χ0v) is 24.0. The van der Waals surface area contributed by atoms with E-state index in [1.165, 1.54) is 5.56 Å². The number of aryl methyl sites for hydroxylation is 2. The van der Waals surface area contributed by atoms with Crippen molar-refractivity contribution in [2.24, 2.45) is 0 Å². The Morgan fingerprint density at radius 3 is 2.60 bits per heavy atom. The second-order valence-corrected chi connectivity index (χ2v) is 12.1. The van der Waals surface area contributed by atoms with Gasteiger partial charge in [-0.05, 0) is 62.8 Å². The number of aliphatic hydroxyl groups is 1. The number of urea groups is 1. The number of piperidine rings is 1. The van der Waals surface area contributed by atoms with Gasteiger partial charge in [-0.15, -0.1) is 5.10 Å². The van der Waals surface area contributed by atoms with Crippen molar-refractivity contribution in [1.29, 1.82) is 0 Å². The summed E-state index contributed by atoms with van der Waals surface area (Å²) in [7, 11) is 0. The Morgan fingerprint density at radius 2 is 1.86 bits per heavy atom. The van der Waals surface area contributed by atoms with Crippen LogP contribution in [0.4, 0.5) is 10.6 Å². The Labute approximate surface area is 244 Å². The second kappa shape index (κ2) is 10.2. The Bertz CT molecular complexity index is 1610. The van der Waals surface area contributed by atoms with Crippen LogP contribution in [0, 0.1) is 13.8 Å². The number of anilines is 1. The fourth-order valence-electron chi connectivity index (χ4n) is 6.32. The van der Waals surface area contributed by atoms with E-state index in [0.29, 0.717) is 24.6 Å². The van der Waals surface area contributed by atoms with Gasteiger partial charge in [0, 0.05) is 31.2 Å². The number of rotatable bonds is 8. The topological polar surface area (TPSA) is 121 Å². The molecule has 3 aromatic heterocycles. The number of fused-ring (bicyclic) bond motifs is 1. The van der Waals surface area contributed by atoms with Crippen molar-refractivity contribution in [3.8, 4) is 5.75 Å². The number of carbonyl (C=O) groups is 1. The van der Waals surface area contributed by atoms with Gasteiger partial charge in [0.05, 0.1) is 24.9 Å². The highest BCUT2D eigenvalue weighted by Crippen LogP contribution is 2.48. The highest BCUT2D eigenvalue weighted by atomic mass is 16.5. The molecule has 1 aromatic carbocycles.